The molecule has 0 aliphatic carbocycles. The summed E-state index contributed by atoms with van der Waals surface area (Å²) in [5, 5.41) is 11.9. The summed E-state index contributed by atoms with van der Waals surface area (Å²) in [4.78, 5) is 4.04. The highest BCUT2D eigenvalue weighted by molar-refractivity contribution is 5.68. The Morgan fingerprint density at radius 2 is 1.96 bits per heavy atom. The lowest BCUT2D eigenvalue weighted by atomic mass is 10.1. The van der Waals surface area contributed by atoms with Gasteiger partial charge in [-0.15, -0.1) is 5.10 Å². The van der Waals surface area contributed by atoms with Crippen molar-refractivity contribution < 1.29 is 0 Å². The molecule has 0 spiro atoms. The smallest absolute Gasteiger partial charge is 0.149 e. The Balaban J connectivity index is 1.54. The molecule has 5 nitrogen and oxygen atoms in total. The van der Waals surface area contributed by atoms with Crippen molar-refractivity contribution in [2.45, 2.75) is 26.3 Å². The van der Waals surface area contributed by atoms with Crippen LogP contribution in [0.4, 0.5) is 5.82 Å². The monoisotopic (exact) mass is 307 g/mol. The second-order valence-corrected chi connectivity index (χ2v) is 5.53. The summed E-state index contributed by atoms with van der Waals surface area (Å²) in [5.41, 5.74) is 3.24. The van der Waals surface area contributed by atoms with Gasteiger partial charge in [-0.2, -0.15) is 5.10 Å². The molecule has 0 atom stereocenters. The molecule has 1 aromatic carbocycles. The molecule has 1 N–H and O–H groups in total. The average molecular weight is 307 g/mol. The van der Waals surface area contributed by atoms with Crippen molar-refractivity contribution in [1.82, 2.24) is 19.7 Å². The van der Waals surface area contributed by atoms with Gasteiger partial charge in [0.25, 0.3) is 0 Å². The number of nitrogens with one attached hydrogen (secondary N) is 1. The van der Waals surface area contributed by atoms with Gasteiger partial charge >= 0.3 is 0 Å². The van der Waals surface area contributed by atoms with Crippen LogP contribution in [0.25, 0.3) is 11.1 Å². The lowest BCUT2D eigenvalue weighted by molar-refractivity contribution is 0.620. The largest absolute Gasteiger partial charge is 0.369 e. The van der Waals surface area contributed by atoms with Crippen LogP contribution in [-0.4, -0.2) is 26.3 Å². The molecule has 3 rings (SSSR count). The number of rotatable bonds is 7. The van der Waals surface area contributed by atoms with Crippen LogP contribution in [0.2, 0.25) is 0 Å². The fourth-order valence-electron chi connectivity index (χ4n) is 2.50. The number of anilines is 1. The van der Waals surface area contributed by atoms with Gasteiger partial charge in [0.05, 0.1) is 12.0 Å². The fraction of sp³-hybridized carbons (Fsp3) is 0.278. The van der Waals surface area contributed by atoms with Crippen LogP contribution in [0, 0.1) is 6.92 Å². The number of unbranched alkanes of at least 4 members (excludes halogenated alkanes) is 1. The highest BCUT2D eigenvalue weighted by Gasteiger charge is 2.05. The van der Waals surface area contributed by atoms with Crippen LogP contribution in [0.1, 0.15) is 18.5 Å². The second kappa shape index (κ2) is 7.54. The molecule has 0 radical (unpaired) electrons. The molecule has 0 amide bonds. The molecule has 0 aliphatic rings. The van der Waals surface area contributed by atoms with E-state index in [0.29, 0.717) is 0 Å². The van der Waals surface area contributed by atoms with E-state index in [1.165, 1.54) is 5.56 Å². The first-order valence-corrected chi connectivity index (χ1v) is 7.92. The molecule has 3 aromatic rings. The first-order valence-electron chi connectivity index (χ1n) is 7.92. The average Bonchev–Trinajstić information content (AvgIpc) is 3.10. The highest BCUT2D eigenvalue weighted by Crippen LogP contribution is 2.23. The van der Waals surface area contributed by atoms with E-state index in [4.69, 9.17) is 0 Å². The molecule has 5 heteroatoms. The lowest BCUT2D eigenvalue weighted by Gasteiger charge is -2.09. The van der Waals surface area contributed by atoms with Gasteiger partial charge in [0.2, 0.25) is 0 Å². The molecule has 118 valence electrons. The molecule has 2 heterocycles. The molecule has 0 bridgehead atoms. The van der Waals surface area contributed by atoms with Crippen LogP contribution in [0.15, 0.2) is 55.1 Å². The molecule has 0 saturated heterocycles. The number of hydrogen-bond acceptors (Lipinski definition) is 4. The van der Waals surface area contributed by atoms with Gasteiger partial charge in [-0.05, 0) is 31.4 Å². The molecule has 0 aliphatic heterocycles. The predicted molar refractivity (Wildman–Crippen MR) is 92.2 cm³/mol. The minimum absolute atomic E-state index is 0.831. The van der Waals surface area contributed by atoms with Gasteiger partial charge in [0, 0.05) is 31.0 Å². The minimum Gasteiger partial charge on any atom is -0.369 e. The number of aromatic nitrogens is 4. The molecule has 0 fully saturated rings. The van der Waals surface area contributed by atoms with E-state index in [-0.39, 0.29) is 0 Å². The Bertz CT molecular complexity index is 722. The topological polar surface area (TPSA) is 55.6 Å². The number of imidazole rings is 1. The summed E-state index contributed by atoms with van der Waals surface area (Å²) in [6.07, 6.45) is 7.84. The summed E-state index contributed by atoms with van der Waals surface area (Å²) in [6, 6.07) is 12.4. The quantitative estimate of drug-likeness (QED) is 0.678. The number of nitrogens with zero attached hydrogens (tertiary/aromatic N) is 4. The third-order valence-corrected chi connectivity index (χ3v) is 3.77. The van der Waals surface area contributed by atoms with Crippen LogP contribution in [0.5, 0.6) is 0 Å². The second-order valence-electron chi connectivity index (χ2n) is 5.53. The number of aryl methyl sites for hydroxylation is 2. The summed E-state index contributed by atoms with van der Waals surface area (Å²) >= 11 is 0. The van der Waals surface area contributed by atoms with Crippen LogP contribution >= 0.6 is 0 Å². The zero-order valence-electron chi connectivity index (χ0n) is 13.3. The maximum absolute atomic E-state index is 4.27. The predicted octanol–water partition coefficient (Wildman–Crippen LogP) is 3.54. The molecule has 23 heavy (non-hydrogen) atoms. The first-order chi connectivity index (χ1) is 11.3. The Morgan fingerprint density at radius 1 is 1.09 bits per heavy atom. The maximum atomic E-state index is 4.27. The van der Waals surface area contributed by atoms with Crippen molar-refractivity contribution in [3.63, 3.8) is 0 Å². The van der Waals surface area contributed by atoms with Gasteiger partial charge in [-0.1, -0.05) is 30.3 Å². The minimum atomic E-state index is 0.831. The lowest BCUT2D eigenvalue weighted by Crippen LogP contribution is -2.06. The van der Waals surface area contributed by atoms with Crippen molar-refractivity contribution >= 4 is 5.82 Å². The zero-order chi connectivity index (χ0) is 15.9. The first kappa shape index (κ1) is 15.2. The fourth-order valence-corrected chi connectivity index (χ4v) is 2.50. The van der Waals surface area contributed by atoms with Crippen molar-refractivity contribution in [2.75, 3.05) is 11.9 Å². The Morgan fingerprint density at radius 3 is 2.74 bits per heavy atom. The van der Waals surface area contributed by atoms with E-state index in [1.807, 2.05) is 43.8 Å². The number of hydrogen-bond donors (Lipinski definition) is 1. The summed E-state index contributed by atoms with van der Waals surface area (Å²) in [7, 11) is 0. The van der Waals surface area contributed by atoms with E-state index >= 15 is 0 Å². The molecule has 0 saturated carbocycles. The number of benzene rings is 1. The zero-order valence-corrected chi connectivity index (χ0v) is 13.3. The standard InChI is InChI=1S/C18H21N5/c1-15-17(16-7-3-2-4-8-16)13-18(22-21-15)20-9-5-6-11-23-12-10-19-14-23/h2-4,7-8,10,12-14H,5-6,9,11H2,1H3,(H,20,22). The Kier molecular flexibility index (Phi) is 4.99. The van der Waals surface area contributed by atoms with Gasteiger partial charge in [-0.3, -0.25) is 0 Å². The summed E-state index contributed by atoms with van der Waals surface area (Å²) in [5.74, 6) is 0.831. The third-order valence-electron chi connectivity index (χ3n) is 3.77. The van der Waals surface area contributed by atoms with Crippen molar-refractivity contribution in [3.8, 4) is 11.1 Å². The van der Waals surface area contributed by atoms with Gasteiger partial charge < -0.3 is 9.88 Å². The summed E-state index contributed by atoms with van der Waals surface area (Å²) < 4.78 is 2.10. The SMILES string of the molecule is Cc1nnc(NCCCCn2ccnc2)cc1-c1ccccc1. The van der Waals surface area contributed by atoms with Crippen LogP contribution in [-0.2, 0) is 6.54 Å². The van der Waals surface area contributed by atoms with Crippen LogP contribution in [0.3, 0.4) is 0 Å². The van der Waals surface area contributed by atoms with E-state index < -0.39 is 0 Å². The molecule has 0 unspecified atom stereocenters. The highest BCUT2D eigenvalue weighted by atomic mass is 15.2. The normalized spacial score (nSPS) is 10.7. The van der Waals surface area contributed by atoms with Crippen molar-refractivity contribution in [1.29, 1.82) is 0 Å². The van der Waals surface area contributed by atoms with Gasteiger partial charge in [0.15, 0.2) is 0 Å². The van der Waals surface area contributed by atoms with E-state index in [1.54, 1.807) is 0 Å². The molecular weight excluding hydrogens is 286 g/mol. The van der Waals surface area contributed by atoms with Crippen molar-refractivity contribution in [2.24, 2.45) is 0 Å². The third kappa shape index (κ3) is 4.16. The molecular formula is C18H21N5. The van der Waals surface area contributed by atoms with E-state index in [0.717, 1.165) is 43.0 Å². The van der Waals surface area contributed by atoms with Gasteiger partial charge in [-0.25, -0.2) is 4.98 Å². The summed E-state index contributed by atoms with van der Waals surface area (Å²) in [6.45, 7) is 3.88. The van der Waals surface area contributed by atoms with E-state index in [9.17, 15) is 0 Å². The van der Waals surface area contributed by atoms with Gasteiger partial charge in [0.1, 0.15) is 5.82 Å². The van der Waals surface area contributed by atoms with Crippen molar-refractivity contribution in [3.05, 3.63) is 60.8 Å². The maximum Gasteiger partial charge on any atom is 0.149 e. The van der Waals surface area contributed by atoms with Crippen LogP contribution < -0.4 is 5.32 Å². The Hall–Kier alpha value is -2.69. The van der Waals surface area contributed by atoms with E-state index in [2.05, 4.69) is 43.3 Å². The molecule has 2 aromatic heterocycles. The Labute approximate surface area is 136 Å².